The lowest BCUT2D eigenvalue weighted by molar-refractivity contribution is -0.150. The maximum Gasteiger partial charge on any atom is 0.322 e. The van der Waals surface area contributed by atoms with Crippen LogP contribution in [0.4, 0.5) is 21.0 Å². The second-order valence-electron chi connectivity index (χ2n) is 29.9. The number of aromatic nitrogens is 1. The van der Waals surface area contributed by atoms with Gasteiger partial charge in [-0.3, -0.25) is 77.4 Å². The zero-order chi connectivity index (χ0) is 87.9. The van der Waals surface area contributed by atoms with Gasteiger partial charge in [-0.25, -0.2) is 9.59 Å². The predicted octanol–water partition coefficient (Wildman–Crippen LogP) is 1.22. The number of urea groups is 2. The van der Waals surface area contributed by atoms with Gasteiger partial charge < -0.3 is 95.7 Å². The lowest BCUT2D eigenvalue weighted by Crippen LogP contribution is -2.64. The maximum atomic E-state index is 15.4. The highest BCUT2D eigenvalue weighted by Crippen LogP contribution is 2.24. The first-order valence-electron chi connectivity index (χ1n) is 39.1. The molecule has 1 aromatic heterocycles. The van der Waals surface area contributed by atoms with Crippen molar-refractivity contribution in [3.05, 3.63) is 173 Å². The summed E-state index contributed by atoms with van der Waals surface area (Å²) in [7, 11) is 0. The zero-order valence-corrected chi connectivity index (χ0v) is 68.3. The number of aliphatic carboxylic acids is 1. The van der Waals surface area contributed by atoms with Crippen LogP contribution in [-0.2, 0) is 99.2 Å². The number of anilines is 2. The van der Waals surface area contributed by atoms with E-state index in [-0.39, 0.29) is 86.8 Å². The van der Waals surface area contributed by atoms with Gasteiger partial charge in [0.2, 0.25) is 76.8 Å². The van der Waals surface area contributed by atoms with Gasteiger partial charge in [-0.1, -0.05) is 124 Å². The van der Waals surface area contributed by atoms with Crippen molar-refractivity contribution in [1.82, 2.24) is 73.7 Å². The van der Waals surface area contributed by atoms with Crippen LogP contribution in [-0.4, -0.2) is 207 Å². The Morgan fingerprint density at radius 3 is 1.48 bits per heavy atom. The molecule has 2 aliphatic heterocycles. The van der Waals surface area contributed by atoms with Crippen LogP contribution in [0.15, 0.2) is 140 Å². The molecule has 36 nitrogen and oxygen atoms in total. The summed E-state index contributed by atoms with van der Waals surface area (Å²) in [5.74, 6) is -11.9. The van der Waals surface area contributed by atoms with Gasteiger partial charge in [-0.05, 0) is 133 Å². The van der Waals surface area contributed by atoms with Gasteiger partial charge in [0.15, 0.2) is 0 Å². The molecule has 5 aromatic carbocycles. The molecule has 642 valence electrons. The van der Waals surface area contributed by atoms with Crippen LogP contribution in [0.3, 0.4) is 0 Å². The van der Waals surface area contributed by atoms with Gasteiger partial charge in [0, 0.05) is 87.3 Å². The first-order valence-corrected chi connectivity index (χ1v) is 39.5. The van der Waals surface area contributed by atoms with Crippen LogP contribution in [0.2, 0.25) is 5.02 Å². The molecule has 2 fully saturated rings. The number of hydrogen-bond donors (Lipinski definition) is 18. The number of nitrogens with one attached hydrogen (secondary N) is 14. The molecular formula is C83H105ClN18O18. The summed E-state index contributed by atoms with van der Waals surface area (Å²) < 4.78 is 0. The minimum Gasteiger partial charge on any atom is -0.481 e. The van der Waals surface area contributed by atoms with Gasteiger partial charge in [0.25, 0.3) is 5.97 Å². The van der Waals surface area contributed by atoms with Crippen LogP contribution < -0.4 is 85.9 Å². The van der Waals surface area contributed by atoms with Crippen molar-refractivity contribution in [2.45, 2.75) is 192 Å². The van der Waals surface area contributed by atoms with Crippen molar-refractivity contribution in [2.24, 2.45) is 17.4 Å². The number of benzene rings is 5. The second-order valence-corrected chi connectivity index (χ2v) is 30.4. The molecule has 2 aliphatic rings. The summed E-state index contributed by atoms with van der Waals surface area (Å²) in [6.45, 7) is 10.8. The number of primary amides is 2. The number of aliphatic hydroxyl groups excluding tert-OH is 1. The number of nitrogens with two attached hydrogens (primary N) is 2. The van der Waals surface area contributed by atoms with E-state index in [1.165, 1.54) is 79.7 Å². The monoisotopic (exact) mass is 1680 g/mol. The fraction of sp³-hybridized carbons (Fsp3) is 0.410. The highest BCUT2D eigenvalue weighted by molar-refractivity contribution is 6.30. The Morgan fingerprint density at radius 1 is 0.533 bits per heavy atom. The van der Waals surface area contributed by atoms with Crippen LogP contribution in [0.1, 0.15) is 115 Å². The number of carbonyl (C=O) groups excluding carboxylic acids is 15. The van der Waals surface area contributed by atoms with Gasteiger partial charge in [0.1, 0.15) is 66.5 Å². The van der Waals surface area contributed by atoms with Crippen LogP contribution in [0.5, 0.6) is 0 Å². The van der Waals surface area contributed by atoms with E-state index in [0.717, 1.165) is 17.7 Å². The molecule has 0 radical (unpaired) electrons. The summed E-state index contributed by atoms with van der Waals surface area (Å²) >= 11 is 6.26. The van der Waals surface area contributed by atoms with Crippen molar-refractivity contribution < 1.29 is 86.9 Å². The molecule has 0 unspecified atom stereocenters. The number of fused-ring (bicyclic) bond motifs is 1. The Kier molecular flexibility index (Phi) is 36.3. The number of carbonyl (C=O) groups is 16. The average Bonchev–Trinajstić information content (AvgIpc) is 0.796. The molecule has 0 bridgehead atoms. The Balaban J connectivity index is 0.00000485. The summed E-state index contributed by atoms with van der Waals surface area (Å²) in [5.41, 5.74) is 13.5. The Labute approximate surface area is 697 Å². The first-order chi connectivity index (χ1) is 57.0. The largest absolute Gasteiger partial charge is 0.481 e. The number of aliphatic hydroxyl groups is 1. The molecule has 8 rings (SSSR count). The normalized spacial score (nSPS) is 15.7. The number of hydrogen-bond acceptors (Lipinski definition) is 19. The lowest BCUT2D eigenvalue weighted by atomic mass is 9.97. The van der Waals surface area contributed by atoms with Gasteiger partial charge in [-0.15, -0.1) is 0 Å². The minimum atomic E-state index is -1.92. The second kappa shape index (κ2) is 46.3. The molecule has 0 saturated carbocycles. The average molecular weight is 1680 g/mol. The quantitative estimate of drug-likeness (QED) is 0.0240. The van der Waals surface area contributed by atoms with Crippen molar-refractivity contribution in [3.63, 3.8) is 0 Å². The van der Waals surface area contributed by atoms with E-state index in [1.54, 1.807) is 50.2 Å². The minimum absolute atomic E-state index is 0.00410. The predicted molar refractivity (Wildman–Crippen MR) is 443 cm³/mol. The van der Waals surface area contributed by atoms with Crippen LogP contribution in [0, 0.1) is 5.92 Å². The van der Waals surface area contributed by atoms with Crippen molar-refractivity contribution >= 4 is 129 Å². The number of unbranched alkanes of at least 4 members (excludes halogenated alkanes) is 1. The van der Waals surface area contributed by atoms with Crippen molar-refractivity contribution in [3.8, 4) is 0 Å². The van der Waals surface area contributed by atoms with Crippen molar-refractivity contribution in [1.29, 1.82) is 0 Å². The SMILES string of the molecule is CC(=O)N[C@H](Cc1ccc2ccccc2c1)C(=O)N[C@H](Cc1ccc(Cl)cc1)C(=O)N[C@H](Cc1cccnc1)C(=O)N[C@@H](CO)C(=O)N[C@@H](Cc1ccc(NC(=O)[C@@H]2CC(=O)NC(=O)N2)cc1)C(=O)N[C@H](Cc1ccc(NC(N)=O)cc1)C(=O)N[C@@H](CC(C)C)C(=O)N[C@@H](CCCCNC(C)C)C(=O)N1CC[C@H]1C(=O)N[C@H](C)C(N)=O.CC(=O)O. The summed E-state index contributed by atoms with van der Waals surface area (Å²) in [5, 5.41) is 57.7. The molecular weight excluding hydrogens is 1570 g/mol. The van der Waals surface area contributed by atoms with E-state index in [9.17, 15) is 67.4 Å². The third-order valence-corrected chi connectivity index (χ3v) is 19.5. The third-order valence-electron chi connectivity index (χ3n) is 19.2. The van der Waals surface area contributed by atoms with Gasteiger partial charge >= 0.3 is 12.1 Å². The number of rotatable bonds is 41. The van der Waals surface area contributed by atoms with E-state index < -0.39 is 174 Å². The molecule has 37 heteroatoms. The number of pyridine rings is 1. The van der Waals surface area contributed by atoms with E-state index in [4.69, 9.17) is 33.0 Å². The Hall–Kier alpha value is -13.0. The number of likely N-dealkylation sites (tertiary alicyclic amines) is 1. The smallest absolute Gasteiger partial charge is 0.322 e. The van der Waals surface area contributed by atoms with Gasteiger partial charge in [-0.2, -0.15) is 0 Å². The zero-order valence-electron chi connectivity index (χ0n) is 67.5. The maximum absolute atomic E-state index is 15.4. The third kappa shape index (κ3) is 30.8. The van der Waals surface area contributed by atoms with E-state index in [0.29, 0.717) is 46.7 Å². The highest BCUT2D eigenvalue weighted by Gasteiger charge is 2.43. The van der Waals surface area contributed by atoms with E-state index in [2.05, 4.69) is 74.1 Å². The summed E-state index contributed by atoms with van der Waals surface area (Å²) in [6.07, 6.45) is 2.61. The molecule has 6 aromatic rings. The van der Waals surface area contributed by atoms with Gasteiger partial charge in [0.05, 0.1) is 13.0 Å². The van der Waals surface area contributed by atoms with Crippen LogP contribution in [0.25, 0.3) is 10.8 Å². The van der Waals surface area contributed by atoms with E-state index in [1.807, 2.05) is 61.6 Å². The van der Waals surface area contributed by atoms with Crippen molar-refractivity contribution in [2.75, 3.05) is 30.3 Å². The number of carboxylic acid groups (broad SMARTS) is 1. The lowest BCUT2D eigenvalue weighted by Gasteiger charge is -2.42. The molecule has 20 N–H and O–H groups in total. The molecule has 120 heavy (non-hydrogen) atoms. The Bertz CT molecular complexity index is 4620. The fourth-order valence-corrected chi connectivity index (χ4v) is 13.1. The Morgan fingerprint density at radius 2 is 1.00 bits per heavy atom. The molecule has 0 spiro atoms. The fourth-order valence-electron chi connectivity index (χ4n) is 13.0. The number of imide groups is 1. The molecule has 17 amide bonds. The highest BCUT2D eigenvalue weighted by atomic mass is 35.5. The molecule has 3 heterocycles. The number of nitrogens with zero attached hydrogens (tertiary/aromatic N) is 2. The summed E-state index contributed by atoms with van der Waals surface area (Å²) in [4.78, 5) is 221. The number of amides is 17. The van der Waals surface area contributed by atoms with E-state index >= 15 is 9.59 Å². The number of halogens is 1. The standard InChI is InChI=1S/C81H101ClN18O16.C2H4O2/c1-44(2)34-59(71(106)91-58(15-9-10-32-86-45(3)4)79(114)100-33-30-67(100)78(113)87-46(5)69(83)104)92-73(108)62(37-50-21-28-57(29-22-50)90-80(84)115)94-75(110)63(38-49-19-26-56(27-20-49)89-70(105)65-41-68(103)99-81(116)98-65)96-77(112)66(43-101)97-76(111)64(40-52-12-11-31-85-42-52)95-74(109)61(36-48-17-24-55(82)25-18-48)93-72(107)60(88-47(6)102)39-51-16-23-53-13-7-8-14-54(53)35-51;1-2(3)4/h7-8,11-14,16-29,31,35,42,44-46,58-67,86,101H,9-10,15,30,32-34,36-41,43H2,1-6H3,(H2,83,104)(H,87,113)(H,88,102)(H,89,105)(H,91,106)(H,92,108)(H,93,107)(H,94,110)(H,95,109)(H,96,112)(H,97,111)(H3,84,90,115)(H2,98,99,103,116);1H3,(H,3,4)/t46-,58+,59+,60-,61-,62-,63+,64-,65+,66+,67+;/m1./s1. The first kappa shape index (κ1) is 94.2. The topological polar surface area (TPSA) is 550 Å². The molecule has 2 saturated heterocycles. The summed E-state index contributed by atoms with van der Waals surface area (Å²) in [6, 6.07) is 17.3. The molecule has 0 aliphatic carbocycles. The number of carboxylic acids is 1. The molecule has 11 atom stereocenters. The van der Waals surface area contributed by atoms with Crippen LogP contribution >= 0.6 is 11.6 Å².